The lowest BCUT2D eigenvalue weighted by molar-refractivity contribution is -0.132. The molecule has 0 aromatic carbocycles. The predicted molar refractivity (Wildman–Crippen MR) is 63.8 cm³/mol. The van der Waals surface area contributed by atoms with Gasteiger partial charge in [0.25, 0.3) is 0 Å². The molecule has 0 amide bonds. The molecule has 0 aliphatic carbocycles. The molecule has 4 nitrogen and oxygen atoms in total. The third-order valence-corrected chi connectivity index (χ3v) is 3.02. The maximum Gasteiger partial charge on any atom is 0.337 e. The van der Waals surface area contributed by atoms with Crippen molar-refractivity contribution in [3.8, 4) is 0 Å². The van der Waals surface area contributed by atoms with Gasteiger partial charge >= 0.3 is 5.97 Å². The second kappa shape index (κ2) is 3.66. The summed E-state index contributed by atoms with van der Waals surface area (Å²) in [6.45, 7) is 1.52. The quantitative estimate of drug-likeness (QED) is 0.706. The molecule has 0 fully saturated rings. The number of carboxylic acids is 1. The third kappa shape index (κ3) is 1.58. The molecule has 0 aromatic heterocycles. The number of hydrogen-bond donors (Lipinski definition) is 2. The normalized spacial score (nSPS) is 21.3. The molecule has 2 N–H and O–H groups in total. The first-order valence-electron chi connectivity index (χ1n) is 5.51. The second-order valence-corrected chi connectivity index (χ2v) is 4.08. The van der Waals surface area contributed by atoms with Crippen LogP contribution in [0.4, 0.5) is 0 Å². The van der Waals surface area contributed by atoms with Gasteiger partial charge in [0.2, 0.25) is 0 Å². The van der Waals surface area contributed by atoms with E-state index in [9.17, 15) is 4.79 Å². The van der Waals surface area contributed by atoms with Crippen LogP contribution in [-0.2, 0) is 4.79 Å². The summed E-state index contributed by atoms with van der Waals surface area (Å²) in [7, 11) is 0. The molecule has 17 heavy (non-hydrogen) atoms. The van der Waals surface area contributed by atoms with Gasteiger partial charge in [0.1, 0.15) is 0 Å². The van der Waals surface area contributed by atoms with E-state index >= 15 is 0 Å². The number of allylic oxidation sites excluding steroid dienone is 2. The molecule has 0 bridgehead atoms. The van der Waals surface area contributed by atoms with E-state index in [-0.39, 0.29) is 0 Å². The Morgan fingerprint density at radius 1 is 1.35 bits per heavy atom. The van der Waals surface area contributed by atoms with Crippen LogP contribution in [0.15, 0.2) is 59.1 Å². The maximum absolute atomic E-state index is 10.9. The minimum Gasteiger partial charge on any atom is -0.478 e. The summed E-state index contributed by atoms with van der Waals surface area (Å²) in [6, 6.07) is 0. The van der Waals surface area contributed by atoms with Crippen molar-refractivity contribution in [2.75, 3.05) is 13.1 Å². The Balaban J connectivity index is 2.02. The second-order valence-electron chi connectivity index (χ2n) is 4.08. The zero-order valence-electron chi connectivity index (χ0n) is 9.18. The molecular formula is C13H12N2O2. The van der Waals surface area contributed by atoms with Crippen LogP contribution in [0, 0.1) is 0 Å². The topological polar surface area (TPSA) is 52.6 Å². The van der Waals surface area contributed by atoms with E-state index in [1.54, 1.807) is 12.3 Å². The van der Waals surface area contributed by atoms with Gasteiger partial charge in [-0.25, -0.2) is 4.79 Å². The van der Waals surface area contributed by atoms with Crippen LogP contribution in [0.25, 0.3) is 0 Å². The van der Waals surface area contributed by atoms with Crippen LogP contribution >= 0.6 is 0 Å². The Morgan fingerprint density at radius 2 is 2.24 bits per heavy atom. The van der Waals surface area contributed by atoms with Crippen molar-refractivity contribution < 1.29 is 9.90 Å². The number of hydrogen-bond acceptors (Lipinski definition) is 3. The Labute approximate surface area is 98.9 Å². The third-order valence-electron chi connectivity index (χ3n) is 3.02. The van der Waals surface area contributed by atoms with Crippen molar-refractivity contribution in [3.05, 3.63) is 59.1 Å². The van der Waals surface area contributed by atoms with Crippen LogP contribution in [0.3, 0.4) is 0 Å². The van der Waals surface area contributed by atoms with Gasteiger partial charge in [0.15, 0.2) is 0 Å². The number of fused-ring (bicyclic) bond motifs is 2. The van der Waals surface area contributed by atoms with Crippen LogP contribution < -0.4 is 5.32 Å². The fourth-order valence-electron chi connectivity index (χ4n) is 2.19. The van der Waals surface area contributed by atoms with Crippen molar-refractivity contribution in [1.82, 2.24) is 10.2 Å². The average Bonchev–Trinajstić information content (AvgIpc) is 2.38. The standard InChI is InChI=1S/C13H12N2O2/c16-13(17)10-3-4-11-12-9(2-1-6-14-12)5-7-15(11)8-10/h1-5,8,14H,6-7H2,(H,16,17). The molecule has 0 saturated heterocycles. The van der Waals surface area contributed by atoms with Gasteiger partial charge in [0.05, 0.1) is 17.0 Å². The van der Waals surface area contributed by atoms with Gasteiger partial charge in [-0.3, -0.25) is 0 Å². The van der Waals surface area contributed by atoms with Crippen molar-refractivity contribution >= 4 is 5.97 Å². The zero-order valence-corrected chi connectivity index (χ0v) is 9.18. The molecule has 0 atom stereocenters. The van der Waals surface area contributed by atoms with Crippen LogP contribution in [-0.4, -0.2) is 29.1 Å². The van der Waals surface area contributed by atoms with E-state index in [1.165, 1.54) is 5.57 Å². The fraction of sp³-hybridized carbons (Fsp3) is 0.154. The van der Waals surface area contributed by atoms with E-state index < -0.39 is 5.97 Å². The highest BCUT2D eigenvalue weighted by atomic mass is 16.4. The van der Waals surface area contributed by atoms with Gasteiger partial charge in [-0.15, -0.1) is 0 Å². The van der Waals surface area contributed by atoms with Crippen LogP contribution in [0.1, 0.15) is 0 Å². The van der Waals surface area contributed by atoms with Gasteiger partial charge in [-0.2, -0.15) is 0 Å². The van der Waals surface area contributed by atoms with Gasteiger partial charge in [0, 0.05) is 19.3 Å². The van der Waals surface area contributed by atoms with Crippen LogP contribution in [0.5, 0.6) is 0 Å². The minimum absolute atomic E-state index is 0.317. The highest BCUT2D eigenvalue weighted by Crippen LogP contribution is 2.28. The molecule has 0 unspecified atom stereocenters. The fourth-order valence-corrected chi connectivity index (χ4v) is 2.19. The highest BCUT2D eigenvalue weighted by molar-refractivity contribution is 5.90. The number of rotatable bonds is 1. The minimum atomic E-state index is -0.892. The smallest absolute Gasteiger partial charge is 0.337 e. The number of carboxylic acid groups (broad SMARTS) is 1. The number of nitrogens with zero attached hydrogens (tertiary/aromatic N) is 1. The molecular weight excluding hydrogens is 216 g/mol. The first-order chi connectivity index (χ1) is 8.25. The summed E-state index contributed by atoms with van der Waals surface area (Å²) in [5, 5.41) is 12.3. The Kier molecular flexibility index (Phi) is 2.14. The lowest BCUT2D eigenvalue weighted by atomic mass is 10.00. The van der Waals surface area contributed by atoms with E-state index in [0.29, 0.717) is 12.1 Å². The lowest BCUT2D eigenvalue weighted by Gasteiger charge is -2.32. The molecule has 0 aromatic rings. The first kappa shape index (κ1) is 9.96. The molecule has 86 valence electrons. The molecule has 3 heterocycles. The van der Waals surface area contributed by atoms with Gasteiger partial charge < -0.3 is 15.3 Å². The van der Waals surface area contributed by atoms with E-state index in [4.69, 9.17) is 5.11 Å². The van der Waals surface area contributed by atoms with Gasteiger partial charge in [-0.05, 0) is 17.7 Å². The van der Waals surface area contributed by atoms with E-state index in [1.807, 2.05) is 11.0 Å². The molecule has 3 aliphatic rings. The number of nitrogens with one attached hydrogen (secondary N) is 1. The van der Waals surface area contributed by atoms with Crippen molar-refractivity contribution in [2.45, 2.75) is 0 Å². The highest BCUT2D eigenvalue weighted by Gasteiger charge is 2.22. The summed E-state index contributed by atoms with van der Waals surface area (Å²) in [5.74, 6) is -0.892. The van der Waals surface area contributed by atoms with Gasteiger partial charge in [-0.1, -0.05) is 18.2 Å². The average molecular weight is 228 g/mol. The van der Waals surface area contributed by atoms with Crippen molar-refractivity contribution in [3.63, 3.8) is 0 Å². The number of aliphatic carboxylic acids is 1. The van der Waals surface area contributed by atoms with Crippen molar-refractivity contribution in [1.29, 1.82) is 0 Å². The maximum atomic E-state index is 10.9. The SMILES string of the molecule is O=C(O)C1=CN2CC=C3C=CCNC3=C2C=C1. The summed E-state index contributed by atoms with van der Waals surface area (Å²) in [4.78, 5) is 12.9. The summed E-state index contributed by atoms with van der Waals surface area (Å²) in [6.07, 6.45) is 11.5. The lowest BCUT2D eigenvalue weighted by Crippen LogP contribution is -2.31. The summed E-state index contributed by atoms with van der Waals surface area (Å²) < 4.78 is 0. The molecule has 4 heteroatoms. The molecule has 3 aliphatic heterocycles. The van der Waals surface area contributed by atoms with Crippen LogP contribution in [0.2, 0.25) is 0 Å². The summed E-state index contributed by atoms with van der Waals surface area (Å²) >= 11 is 0. The zero-order chi connectivity index (χ0) is 11.8. The largest absolute Gasteiger partial charge is 0.478 e. The summed E-state index contributed by atoms with van der Waals surface area (Å²) in [5.41, 5.74) is 3.62. The predicted octanol–water partition coefficient (Wildman–Crippen LogP) is 1.14. The van der Waals surface area contributed by atoms with E-state index in [0.717, 1.165) is 17.9 Å². The first-order valence-corrected chi connectivity index (χ1v) is 5.51. The Hall–Kier alpha value is -2.23. The van der Waals surface area contributed by atoms with Crippen molar-refractivity contribution in [2.24, 2.45) is 0 Å². The Bertz CT molecular complexity index is 536. The molecule has 0 saturated carbocycles. The molecule has 0 spiro atoms. The molecule has 0 radical (unpaired) electrons. The monoisotopic (exact) mass is 228 g/mol. The van der Waals surface area contributed by atoms with E-state index in [2.05, 4.69) is 23.5 Å². The molecule has 3 rings (SSSR count). The Morgan fingerprint density at radius 3 is 3.06 bits per heavy atom. The number of carbonyl (C=O) groups is 1.